The minimum atomic E-state index is 0.161. The Morgan fingerprint density at radius 2 is 1.33 bits per heavy atom. The van der Waals surface area contributed by atoms with Crippen LogP contribution in [-0.2, 0) is 11.3 Å². The van der Waals surface area contributed by atoms with Crippen LogP contribution < -0.4 is 5.32 Å². The molecule has 1 aromatic heterocycles. The van der Waals surface area contributed by atoms with Crippen molar-refractivity contribution in [2.24, 2.45) is 0 Å². The predicted octanol–water partition coefficient (Wildman–Crippen LogP) is 6.96. The molecule has 0 saturated carbocycles. The number of rotatable bonds is 18. The number of carbonyl (C=O) groups is 1. The smallest absolute Gasteiger partial charge is 0.220 e. The van der Waals surface area contributed by atoms with E-state index >= 15 is 0 Å². The van der Waals surface area contributed by atoms with Crippen molar-refractivity contribution in [1.29, 1.82) is 0 Å². The summed E-state index contributed by atoms with van der Waals surface area (Å²) in [7, 11) is 0. The van der Waals surface area contributed by atoms with Gasteiger partial charge in [0.15, 0.2) is 0 Å². The Hall–Kier alpha value is -1.38. The van der Waals surface area contributed by atoms with Crippen molar-refractivity contribution in [2.75, 3.05) is 0 Å². The van der Waals surface area contributed by atoms with Crippen molar-refractivity contribution in [2.45, 2.75) is 116 Å². The van der Waals surface area contributed by atoms with Crippen molar-refractivity contribution >= 4 is 5.91 Å². The Morgan fingerprint density at radius 1 is 0.815 bits per heavy atom. The molecule has 3 heteroatoms. The molecular formula is C24H42N2O. The van der Waals surface area contributed by atoms with Crippen LogP contribution in [0.15, 0.2) is 24.5 Å². The number of carbonyl (C=O) groups excluding carboxylic acids is 1. The summed E-state index contributed by atoms with van der Waals surface area (Å²) < 4.78 is 0. The molecule has 154 valence electrons. The summed E-state index contributed by atoms with van der Waals surface area (Å²) in [6.45, 7) is 2.87. The fourth-order valence-corrected chi connectivity index (χ4v) is 3.45. The lowest BCUT2D eigenvalue weighted by Gasteiger charge is -2.05. The maximum atomic E-state index is 11.8. The molecule has 0 atom stereocenters. The molecule has 0 bridgehead atoms. The molecule has 0 aromatic carbocycles. The van der Waals surface area contributed by atoms with Gasteiger partial charge < -0.3 is 5.32 Å². The van der Waals surface area contributed by atoms with E-state index in [-0.39, 0.29) is 5.91 Å². The zero-order valence-electron chi connectivity index (χ0n) is 17.7. The summed E-state index contributed by atoms with van der Waals surface area (Å²) >= 11 is 0. The van der Waals surface area contributed by atoms with Gasteiger partial charge in [-0.05, 0) is 18.1 Å². The second-order valence-electron chi connectivity index (χ2n) is 7.84. The fraction of sp³-hybridized carbons (Fsp3) is 0.750. The molecule has 1 N–H and O–H groups in total. The third kappa shape index (κ3) is 15.4. The van der Waals surface area contributed by atoms with Gasteiger partial charge in [0.05, 0.1) is 0 Å². The van der Waals surface area contributed by atoms with E-state index in [1.807, 2.05) is 12.1 Å². The third-order valence-electron chi connectivity index (χ3n) is 5.22. The maximum absolute atomic E-state index is 11.8. The highest BCUT2D eigenvalue weighted by Gasteiger charge is 2.01. The van der Waals surface area contributed by atoms with Crippen LogP contribution in [0.5, 0.6) is 0 Å². The van der Waals surface area contributed by atoms with E-state index in [1.165, 1.54) is 89.9 Å². The first-order valence-electron chi connectivity index (χ1n) is 11.5. The van der Waals surface area contributed by atoms with Crippen LogP contribution in [0, 0.1) is 0 Å². The van der Waals surface area contributed by atoms with Crippen molar-refractivity contribution in [1.82, 2.24) is 10.3 Å². The average molecular weight is 375 g/mol. The molecule has 0 aliphatic carbocycles. The second kappa shape index (κ2) is 18.0. The van der Waals surface area contributed by atoms with Crippen molar-refractivity contribution < 1.29 is 4.79 Å². The van der Waals surface area contributed by atoms with E-state index in [2.05, 4.69) is 17.2 Å². The van der Waals surface area contributed by atoms with E-state index in [9.17, 15) is 4.79 Å². The van der Waals surface area contributed by atoms with Crippen LogP contribution in [0.1, 0.15) is 115 Å². The van der Waals surface area contributed by atoms with Gasteiger partial charge in [0, 0.05) is 25.4 Å². The summed E-state index contributed by atoms with van der Waals surface area (Å²) in [4.78, 5) is 15.9. The van der Waals surface area contributed by atoms with Gasteiger partial charge in [-0.1, -0.05) is 103 Å². The lowest BCUT2D eigenvalue weighted by Crippen LogP contribution is -2.22. The third-order valence-corrected chi connectivity index (χ3v) is 5.22. The summed E-state index contributed by atoms with van der Waals surface area (Å²) in [6.07, 6.45) is 24.5. The van der Waals surface area contributed by atoms with Crippen LogP contribution in [0.4, 0.5) is 0 Å². The lowest BCUT2D eigenvalue weighted by molar-refractivity contribution is -0.121. The topological polar surface area (TPSA) is 42.0 Å². The number of hydrogen-bond donors (Lipinski definition) is 1. The second-order valence-corrected chi connectivity index (χ2v) is 7.84. The van der Waals surface area contributed by atoms with E-state index in [1.54, 1.807) is 12.4 Å². The van der Waals surface area contributed by atoms with Crippen molar-refractivity contribution in [3.8, 4) is 0 Å². The Kier molecular flexibility index (Phi) is 15.8. The van der Waals surface area contributed by atoms with E-state index in [0.717, 1.165) is 12.0 Å². The quantitative estimate of drug-likeness (QED) is 0.282. The molecule has 0 aliphatic heterocycles. The van der Waals surface area contributed by atoms with Crippen LogP contribution in [-0.4, -0.2) is 10.9 Å². The molecule has 27 heavy (non-hydrogen) atoms. The first-order valence-corrected chi connectivity index (χ1v) is 11.5. The molecule has 1 amide bonds. The molecule has 0 saturated heterocycles. The minimum absolute atomic E-state index is 0.161. The largest absolute Gasteiger partial charge is 0.352 e. The number of nitrogens with one attached hydrogen (secondary N) is 1. The number of pyridine rings is 1. The molecule has 0 radical (unpaired) electrons. The van der Waals surface area contributed by atoms with E-state index < -0.39 is 0 Å². The van der Waals surface area contributed by atoms with Gasteiger partial charge in [-0.15, -0.1) is 0 Å². The zero-order valence-corrected chi connectivity index (χ0v) is 17.7. The van der Waals surface area contributed by atoms with Gasteiger partial charge in [0.2, 0.25) is 5.91 Å². The SMILES string of the molecule is CCCCCCCCCCCCCCCCCC(=O)NCc1cccnc1. The number of nitrogens with zero attached hydrogens (tertiary/aromatic N) is 1. The minimum Gasteiger partial charge on any atom is -0.352 e. The molecule has 0 aliphatic rings. The number of unbranched alkanes of at least 4 members (excludes halogenated alkanes) is 14. The van der Waals surface area contributed by atoms with E-state index in [4.69, 9.17) is 0 Å². The van der Waals surface area contributed by atoms with Crippen molar-refractivity contribution in [3.63, 3.8) is 0 Å². The Morgan fingerprint density at radius 3 is 1.81 bits per heavy atom. The summed E-state index contributed by atoms with van der Waals surface area (Å²) in [5, 5.41) is 2.97. The zero-order chi connectivity index (χ0) is 19.4. The number of aromatic nitrogens is 1. The highest BCUT2D eigenvalue weighted by molar-refractivity contribution is 5.75. The molecule has 1 heterocycles. The van der Waals surface area contributed by atoms with Crippen LogP contribution in [0.2, 0.25) is 0 Å². The highest BCUT2D eigenvalue weighted by Crippen LogP contribution is 2.13. The van der Waals surface area contributed by atoms with Gasteiger partial charge in [-0.3, -0.25) is 9.78 Å². The van der Waals surface area contributed by atoms with Gasteiger partial charge in [0.1, 0.15) is 0 Å². The molecule has 0 fully saturated rings. The van der Waals surface area contributed by atoms with Crippen molar-refractivity contribution in [3.05, 3.63) is 30.1 Å². The molecule has 1 rings (SSSR count). The first-order chi connectivity index (χ1) is 13.3. The van der Waals surface area contributed by atoms with Gasteiger partial charge in [-0.2, -0.15) is 0 Å². The highest BCUT2D eigenvalue weighted by atomic mass is 16.1. The molecule has 0 unspecified atom stereocenters. The molecule has 3 nitrogen and oxygen atoms in total. The average Bonchev–Trinajstić information content (AvgIpc) is 2.70. The summed E-state index contributed by atoms with van der Waals surface area (Å²) in [6, 6.07) is 3.89. The normalized spacial score (nSPS) is 10.9. The van der Waals surface area contributed by atoms with Gasteiger partial charge in [0.25, 0.3) is 0 Å². The Labute approximate surface area is 167 Å². The molecule has 0 spiro atoms. The summed E-state index contributed by atoms with van der Waals surface area (Å²) in [5.74, 6) is 0.161. The maximum Gasteiger partial charge on any atom is 0.220 e. The Balaban J connectivity index is 1.77. The van der Waals surface area contributed by atoms with Crippen LogP contribution in [0.3, 0.4) is 0 Å². The molecule has 1 aromatic rings. The lowest BCUT2D eigenvalue weighted by atomic mass is 10.0. The number of amides is 1. The van der Waals surface area contributed by atoms with Gasteiger partial charge >= 0.3 is 0 Å². The van der Waals surface area contributed by atoms with Gasteiger partial charge in [-0.25, -0.2) is 0 Å². The fourth-order valence-electron chi connectivity index (χ4n) is 3.45. The summed E-state index contributed by atoms with van der Waals surface area (Å²) in [5.41, 5.74) is 1.06. The first kappa shape index (κ1) is 23.7. The monoisotopic (exact) mass is 374 g/mol. The standard InChI is InChI=1S/C24H42N2O/c1-2-3-4-5-6-7-8-9-10-11-12-13-14-15-16-19-24(27)26-22-23-18-17-20-25-21-23/h17-18,20-21H,2-16,19,22H2,1H3,(H,26,27). The Bertz CT molecular complexity index is 447. The van der Waals surface area contributed by atoms with Crippen LogP contribution in [0.25, 0.3) is 0 Å². The van der Waals surface area contributed by atoms with Crippen LogP contribution >= 0.6 is 0 Å². The number of hydrogen-bond acceptors (Lipinski definition) is 2. The van der Waals surface area contributed by atoms with E-state index in [0.29, 0.717) is 13.0 Å². The predicted molar refractivity (Wildman–Crippen MR) is 116 cm³/mol. The molecular weight excluding hydrogens is 332 g/mol.